The van der Waals surface area contributed by atoms with Crippen molar-refractivity contribution >= 4 is 5.91 Å². The fourth-order valence-electron chi connectivity index (χ4n) is 1.31. The molecule has 1 amide bonds. The Morgan fingerprint density at radius 2 is 2.36 bits per heavy atom. The van der Waals surface area contributed by atoms with Crippen molar-refractivity contribution < 1.29 is 9.53 Å². The van der Waals surface area contributed by atoms with Crippen molar-refractivity contribution in [1.82, 2.24) is 15.0 Å². The summed E-state index contributed by atoms with van der Waals surface area (Å²) in [7, 11) is 3.34. The highest BCUT2D eigenvalue weighted by Gasteiger charge is 2.18. The molecular weight excluding hydrogens is 184 g/mol. The van der Waals surface area contributed by atoms with Crippen molar-refractivity contribution in [2.45, 2.75) is 19.4 Å². The lowest BCUT2D eigenvalue weighted by Crippen LogP contribution is -2.16. The SMILES string of the molecule is COC(C)c1c(CC(N)=O)nnn1C. The molecule has 0 aliphatic heterocycles. The van der Waals surface area contributed by atoms with Crippen molar-refractivity contribution in [3.8, 4) is 0 Å². The van der Waals surface area contributed by atoms with Gasteiger partial charge < -0.3 is 10.5 Å². The average molecular weight is 198 g/mol. The third-order valence-corrected chi connectivity index (χ3v) is 2.02. The second-order valence-corrected chi connectivity index (χ2v) is 3.07. The average Bonchev–Trinajstić information content (AvgIpc) is 2.45. The fraction of sp³-hybridized carbons (Fsp3) is 0.625. The molecule has 1 unspecified atom stereocenters. The van der Waals surface area contributed by atoms with Gasteiger partial charge in [-0.1, -0.05) is 5.21 Å². The third-order valence-electron chi connectivity index (χ3n) is 2.02. The van der Waals surface area contributed by atoms with Crippen molar-refractivity contribution in [3.05, 3.63) is 11.4 Å². The predicted molar refractivity (Wildman–Crippen MR) is 49.3 cm³/mol. The Labute approximate surface area is 82.0 Å². The monoisotopic (exact) mass is 198 g/mol. The molecule has 2 N–H and O–H groups in total. The molecule has 1 rings (SSSR count). The van der Waals surface area contributed by atoms with Crippen LogP contribution in [0, 0.1) is 0 Å². The van der Waals surface area contributed by atoms with E-state index in [1.807, 2.05) is 6.92 Å². The summed E-state index contributed by atoms with van der Waals surface area (Å²) in [6, 6.07) is 0. The Balaban J connectivity index is 2.99. The highest BCUT2D eigenvalue weighted by Crippen LogP contribution is 2.17. The van der Waals surface area contributed by atoms with Crippen LogP contribution in [0.3, 0.4) is 0 Å². The van der Waals surface area contributed by atoms with Crippen molar-refractivity contribution in [3.63, 3.8) is 0 Å². The minimum absolute atomic E-state index is 0.0941. The summed E-state index contributed by atoms with van der Waals surface area (Å²) in [5, 5.41) is 7.67. The zero-order valence-electron chi connectivity index (χ0n) is 8.52. The van der Waals surface area contributed by atoms with Crippen LogP contribution >= 0.6 is 0 Å². The summed E-state index contributed by atoms with van der Waals surface area (Å²) in [4.78, 5) is 10.7. The minimum Gasteiger partial charge on any atom is -0.375 e. The zero-order chi connectivity index (χ0) is 10.7. The van der Waals surface area contributed by atoms with Gasteiger partial charge in [0, 0.05) is 14.2 Å². The van der Waals surface area contributed by atoms with Gasteiger partial charge in [0.15, 0.2) is 0 Å². The normalized spacial score (nSPS) is 12.8. The number of carbonyl (C=O) groups excluding carboxylic acids is 1. The van der Waals surface area contributed by atoms with E-state index in [-0.39, 0.29) is 12.5 Å². The van der Waals surface area contributed by atoms with Gasteiger partial charge in [0.2, 0.25) is 5.91 Å². The first-order valence-corrected chi connectivity index (χ1v) is 4.25. The van der Waals surface area contributed by atoms with Crippen LogP contribution in [-0.2, 0) is 23.0 Å². The second kappa shape index (κ2) is 4.19. The van der Waals surface area contributed by atoms with Crippen molar-refractivity contribution in [1.29, 1.82) is 0 Å². The molecule has 6 heteroatoms. The fourth-order valence-corrected chi connectivity index (χ4v) is 1.31. The smallest absolute Gasteiger partial charge is 0.223 e. The van der Waals surface area contributed by atoms with Crippen molar-refractivity contribution in [2.75, 3.05) is 7.11 Å². The van der Waals surface area contributed by atoms with E-state index in [1.54, 1.807) is 18.8 Å². The van der Waals surface area contributed by atoms with Gasteiger partial charge in [-0.15, -0.1) is 5.10 Å². The van der Waals surface area contributed by atoms with Crippen LogP contribution in [0.15, 0.2) is 0 Å². The number of ether oxygens (including phenoxy) is 1. The number of primary amides is 1. The first-order valence-electron chi connectivity index (χ1n) is 4.25. The van der Waals surface area contributed by atoms with Gasteiger partial charge in [-0.05, 0) is 6.92 Å². The molecule has 0 aliphatic carbocycles. The van der Waals surface area contributed by atoms with Gasteiger partial charge in [0.05, 0.1) is 23.9 Å². The minimum atomic E-state index is -0.421. The first-order chi connectivity index (χ1) is 6.56. The zero-order valence-corrected chi connectivity index (χ0v) is 8.52. The van der Waals surface area contributed by atoms with E-state index in [0.717, 1.165) is 5.69 Å². The molecule has 0 saturated heterocycles. The molecule has 0 spiro atoms. The summed E-state index contributed by atoms with van der Waals surface area (Å²) >= 11 is 0. The van der Waals surface area contributed by atoms with Crippen LogP contribution in [0.2, 0.25) is 0 Å². The number of methoxy groups -OCH3 is 1. The highest BCUT2D eigenvalue weighted by atomic mass is 16.5. The van der Waals surface area contributed by atoms with Crippen LogP contribution in [0.4, 0.5) is 0 Å². The molecule has 14 heavy (non-hydrogen) atoms. The van der Waals surface area contributed by atoms with Crippen LogP contribution in [0.5, 0.6) is 0 Å². The molecule has 0 aliphatic rings. The van der Waals surface area contributed by atoms with Crippen LogP contribution < -0.4 is 5.73 Å². The Morgan fingerprint density at radius 1 is 1.71 bits per heavy atom. The number of aromatic nitrogens is 3. The van der Waals surface area contributed by atoms with Crippen LogP contribution in [-0.4, -0.2) is 28.0 Å². The van der Waals surface area contributed by atoms with E-state index in [2.05, 4.69) is 10.3 Å². The number of hydrogen-bond acceptors (Lipinski definition) is 4. The summed E-state index contributed by atoms with van der Waals surface area (Å²) < 4.78 is 6.73. The van der Waals surface area contributed by atoms with Gasteiger partial charge in [-0.2, -0.15) is 0 Å². The lowest BCUT2D eigenvalue weighted by molar-refractivity contribution is -0.117. The summed E-state index contributed by atoms with van der Waals surface area (Å²) in [6.07, 6.45) is -0.0546. The molecule has 0 aromatic carbocycles. The lowest BCUT2D eigenvalue weighted by Gasteiger charge is -2.10. The van der Waals surface area contributed by atoms with E-state index in [4.69, 9.17) is 10.5 Å². The lowest BCUT2D eigenvalue weighted by atomic mass is 10.2. The van der Waals surface area contributed by atoms with E-state index in [9.17, 15) is 4.79 Å². The van der Waals surface area contributed by atoms with Crippen LogP contribution in [0.1, 0.15) is 24.4 Å². The number of rotatable bonds is 4. The third kappa shape index (κ3) is 2.08. The number of aryl methyl sites for hydroxylation is 1. The Morgan fingerprint density at radius 3 is 2.86 bits per heavy atom. The highest BCUT2D eigenvalue weighted by molar-refractivity contribution is 5.76. The van der Waals surface area contributed by atoms with Gasteiger partial charge in [0.1, 0.15) is 0 Å². The predicted octanol–water partition coefficient (Wildman–Crippen LogP) is -0.450. The van der Waals surface area contributed by atoms with E-state index >= 15 is 0 Å². The number of carbonyl (C=O) groups is 1. The largest absolute Gasteiger partial charge is 0.375 e. The Kier molecular flexibility index (Phi) is 3.19. The molecule has 1 aromatic heterocycles. The molecule has 1 aromatic rings. The van der Waals surface area contributed by atoms with Gasteiger partial charge >= 0.3 is 0 Å². The number of nitrogens with zero attached hydrogens (tertiary/aromatic N) is 3. The number of hydrogen-bond donors (Lipinski definition) is 1. The van der Waals surface area contributed by atoms with E-state index in [1.165, 1.54) is 0 Å². The molecular formula is C8H14N4O2. The molecule has 0 bridgehead atoms. The summed E-state index contributed by atoms with van der Waals surface area (Å²) in [5.74, 6) is -0.421. The van der Waals surface area contributed by atoms with Crippen LogP contribution in [0.25, 0.3) is 0 Å². The molecule has 1 atom stereocenters. The molecule has 0 fully saturated rings. The summed E-state index contributed by atoms with van der Waals surface area (Å²) in [5.41, 5.74) is 6.45. The number of nitrogens with two attached hydrogens (primary N) is 1. The topological polar surface area (TPSA) is 83.0 Å². The standard InChI is InChI=1S/C8H14N4O2/c1-5(14-3)8-6(4-7(9)13)10-11-12(8)2/h5H,4H2,1-3H3,(H2,9,13). The van der Waals surface area contributed by atoms with Gasteiger partial charge in [-0.25, -0.2) is 4.68 Å². The summed E-state index contributed by atoms with van der Waals surface area (Å²) in [6.45, 7) is 1.86. The molecule has 78 valence electrons. The van der Waals surface area contributed by atoms with Gasteiger partial charge in [-0.3, -0.25) is 4.79 Å². The maximum absolute atomic E-state index is 10.7. The quantitative estimate of drug-likeness (QED) is 0.710. The Bertz CT molecular complexity index is 334. The van der Waals surface area contributed by atoms with Gasteiger partial charge in [0.25, 0.3) is 0 Å². The molecule has 0 radical (unpaired) electrons. The molecule has 1 heterocycles. The van der Waals surface area contributed by atoms with Crippen molar-refractivity contribution in [2.24, 2.45) is 12.8 Å². The van der Waals surface area contributed by atoms with E-state index < -0.39 is 5.91 Å². The Hall–Kier alpha value is -1.43. The number of amides is 1. The van der Waals surface area contributed by atoms with E-state index in [0.29, 0.717) is 5.69 Å². The molecule has 6 nitrogen and oxygen atoms in total. The maximum Gasteiger partial charge on any atom is 0.223 e. The molecule has 0 saturated carbocycles. The first kappa shape index (κ1) is 10.6. The second-order valence-electron chi connectivity index (χ2n) is 3.07. The maximum atomic E-state index is 10.7.